The van der Waals surface area contributed by atoms with Crippen molar-refractivity contribution < 1.29 is 4.79 Å². The Kier molecular flexibility index (Phi) is 4.96. The van der Waals surface area contributed by atoms with Crippen LogP contribution < -0.4 is 11.1 Å². The molecule has 0 fully saturated rings. The lowest BCUT2D eigenvalue weighted by Gasteiger charge is -2.20. The van der Waals surface area contributed by atoms with E-state index < -0.39 is 6.04 Å². The van der Waals surface area contributed by atoms with Gasteiger partial charge < -0.3 is 11.1 Å². The summed E-state index contributed by atoms with van der Waals surface area (Å²) in [6, 6.07) is 3.64. The van der Waals surface area contributed by atoms with Gasteiger partial charge in [0.05, 0.1) is 12.1 Å². The number of nitrogens with two attached hydrogens (primary N) is 1. The maximum atomic E-state index is 11.8. The van der Waals surface area contributed by atoms with E-state index in [2.05, 4.69) is 5.32 Å². The monoisotopic (exact) mass is 240 g/mol. The number of rotatable bonds is 5. The van der Waals surface area contributed by atoms with Crippen LogP contribution in [0.5, 0.6) is 0 Å². The van der Waals surface area contributed by atoms with Gasteiger partial charge in [-0.1, -0.05) is 26.3 Å². The smallest absolute Gasteiger partial charge is 0.237 e. The third-order valence-corrected chi connectivity index (χ3v) is 3.94. The summed E-state index contributed by atoms with van der Waals surface area (Å²) in [6.07, 6.45) is 0.919. The van der Waals surface area contributed by atoms with Crippen LogP contribution in [0.15, 0.2) is 17.5 Å². The first-order chi connectivity index (χ1) is 7.56. The zero-order valence-electron chi connectivity index (χ0n) is 10.1. The van der Waals surface area contributed by atoms with E-state index in [9.17, 15) is 4.79 Å². The molecule has 90 valence electrons. The first-order valence-electron chi connectivity index (χ1n) is 5.65. The highest BCUT2D eigenvalue weighted by atomic mass is 32.1. The van der Waals surface area contributed by atoms with Crippen LogP contribution in [-0.2, 0) is 4.79 Å². The Morgan fingerprint density at radius 1 is 1.56 bits per heavy atom. The number of nitrogens with one attached hydrogen (secondary N) is 1. The minimum absolute atomic E-state index is 0.0441. The molecular weight excluding hydrogens is 220 g/mol. The highest BCUT2D eigenvalue weighted by molar-refractivity contribution is 7.10. The van der Waals surface area contributed by atoms with Crippen LogP contribution in [0.25, 0.3) is 0 Å². The number of carbonyl (C=O) groups is 1. The van der Waals surface area contributed by atoms with Crippen LogP contribution in [0.4, 0.5) is 0 Å². The van der Waals surface area contributed by atoms with Gasteiger partial charge in [-0.25, -0.2) is 0 Å². The molecule has 1 amide bonds. The summed E-state index contributed by atoms with van der Waals surface area (Å²) in [5.41, 5.74) is 5.86. The Morgan fingerprint density at radius 3 is 2.75 bits per heavy atom. The van der Waals surface area contributed by atoms with E-state index in [4.69, 9.17) is 5.73 Å². The average Bonchev–Trinajstić information content (AvgIpc) is 2.80. The number of carbonyl (C=O) groups excluding carboxylic acids is 1. The fourth-order valence-corrected chi connectivity index (χ4v) is 2.17. The molecule has 0 spiro atoms. The van der Waals surface area contributed by atoms with Crippen LogP contribution >= 0.6 is 11.3 Å². The van der Waals surface area contributed by atoms with Crippen molar-refractivity contribution in [1.29, 1.82) is 0 Å². The molecule has 3 N–H and O–H groups in total. The topological polar surface area (TPSA) is 55.1 Å². The minimum Gasteiger partial charge on any atom is -0.347 e. The Balaban J connectivity index is 2.51. The standard InChI is InChI=1S/C12H20N2OS/c1-4-8(2)11(13)12(15)14-9(3)10-6-5-7-16-10/h5-9,11H,4,13H2,1-3H3,(H,14,15)/t8?,9-,11?/m1/s1. The summed E-state index contributed by atoms with van der Waals surface area (Å²) in [7, 11) is 0. The largest absolute Gasteiger partial charge is 0.347 e. The molecule has 0 aliphatic carbocycles. The van der Waals surface area contributed by atoms with Crippen molar-refractivity contribution in [3.63, 3.8) is 0 Å². The maximum Gasteiger partial charge on any atom is 0.237 e. The summed E-state index contributed by atoms with van der Waals surface area (Å²) in [4.78, 5) is 13.0. The fraction of sp³-hybridized carbons (Fsp3) is 0.583. The van der Waals surface area contributed by atoms with E-state index in [0.717, 1.165) is 11.3 Å². The lowest BCUT2D eigenvalue weighted by molar-refractivity contribution is -0.124. The number of hydrogen-bond donors (Lipinski definition) is 2. The Morgan fingerprint density at radius 2 is 2.25 bits per heavy atom. The summed E-state index contributed by atoms with van der Waals surface area (Å²) >= 11 is 1.64. The van der Waals surface area contributed by atoms with Gasteiger partial charge in [-0.05, 0) is 24.3 Å². The Hall–Kier alpha value is -0.870. The molecule has 1 heterocycles. The number of amides is 1. The molecule has 1 aromatic rings. The highest BCUT2D eigenvalue weighted by Crippen LogP contribution is 2.18. The summed E-state index contributed by atoms with van der Waals surface area (Å²) < 4.78 is 0. The quantitative estimate of drug-likeness (QED) is 0.829. The van der Waals surface area contributed by atoms with E-state index in [-0.39, 0.29) is 17.9 Å². The van der Waals surface area contributed by atoms with Crippen molar-refractivity contribution in [2.24, 2.45) is 11.7 Å². The molecule has 0 aliphatic heterocycles. The summed E-state index contributed by atoms with van der Waals surface area (Å²) in [5, 5.41) is 4.95. The molecule has 0 radical (unpaired) electrons. The van der Waals surface area contributed by atoms with Crippen molar-refractivity contribution in [2.45, 2.75) is 39.3 Å². The molecule has 0 aliphatic rings. The predicted molar refractivity (Wildman–Crippen MR) is 68.3 cm³/mol. The van der Waals surface area contributed by atoms with Crippen LogP contribution in [0, 0.1) is 5.92 Å². The van der Waals surface area contributed by atoms with Crippen LogP contribution in [0.3, 0.4) is 0 Å². The second kappa shape index (κ2) is 6.01. The van der Waals surface area contributed by atoms with Gasteiger partial charge in [-0.2, -0.15) is 0 Å². The zero-order chi connectivity index (χ0) is 12.1. The van der Waals surface area contributed by atoms with Gasteiger partial charge in [-0.3, -0.25) is 4.79 Å². The molecule has 4 heteroatoms. The number of hydrogen-bond acceptors (Lipinski definition) is 3. The molecule has 3 atom stereocenters. The third-order valence-electron chi connectivity index (χ3n) is 2.89. The molecule has 1 aromatic heterocycles. The first kappa shape index (κ1) is 13.2. The van der Waals surface area contributed by atoms with Gasteiger partial charge in [0.25, 0.3) is 0 Å². The molecule has 16 heavy (non-hydrogen) atoms. The fourth-order valence-electron chi connectivity index (χ4n) is 1.43. The Labute approximate surface area is 101 Å². The second-order valence-electron chi connectivity index (χ2n) is 4.16. The maximum absolute atomic E-state index is 11.8. The van der Waals surface area contributed by atoms with Crippen LogP contribution in [0.1, 0.15) is 38.1 Å². The lowest BCUT2D eigenvalue weighted by atomic mass is 9.99. The molecule has 2 unspecified atom stereocenters. The molecule has 0 saturated heterocycles. The third kappa shape index (κ3) is 3.32. The highest BCUT2D eigenvalue weighted by Gasteiger charge is 2.21. The van der Waals surface area contributed by atoms with E-state index in [0.29, 0.717) is 0 Å². The van der Waals surface area contributed by atoms with Crippen molar-refractivity contribution in [3.8, 4) is 0 Å². The van der Waals surface area contributed by atoms with Gasteiger partial charge in [-0.15, -0.1) is 11.3 Å². The molecule has 3 nitrogen and oxygen atoms in total. The van der Waals surface area contributed by atoms with Crippen LogP contribution in [0.2, 0.25) is 0 Å². The normalized spacial score (nSPS) is 16.5. The average molecular weight is 240 g/mol. The van der Waals surface area contributed by atoms with Gasteiger partial charge in [0.2, 0.25) is 5.91 Å². The zero-order valence-corrected chi connectivity index (χ0v) is 10.9. The molecule has 1 rings (SSSR count). The number of thiophene rings is 1. The molecule has 0 aromatic carbocycles. The first-order valence-corrected chi connectivity index (χ1v) is 6.53. The van der Waals surface area contributed by atoms with E-state index in [1.807, 2.05) is 38.3 Å². The van der Waals surface area contributed by atoms with Crippen LogP contribution in [-0.4, -0.2) is 11.9 Å². The van der Waals surface area contributed by atoms with Crippen molar-refractivity contribution in [2.75, 3.05) is 0 Å². The Bertz CT molecular complexity index is 324. The lowest BCUT2D eigenvalue weighted by Crippen LogP contribution is -2.45. The van der Waals surface area contributed by atoms with Gasteiger partial charge >= 0.3 is 0 Å². The summed E-state index contributed by atoms with van der Waals surface area (Å²) in [5.74, 6) is 0.158. The molecule has 0 bridgehead atoms. The van der Waals surface area contributed by atoms with Gasteiger partial charge in [0.1, 0.15) is 0 Å². The van der Waals surface area contributed by atoms with Crippen molar-refractivity contribution in [1.82, 2.24) is 5.32 Å². The SMILES string of the molecule is CCC(C)C(N)C(=O)N[C@H](C)c1cccs1. The summed E-state index contributed by atoms with van der Waals surface area (Å²) in [6.45, 7) is 6.02. The van der Waals surface area contributed by atoms with E-state index >= 15 is 0 Å². The van der Waals surface area contributed by atoms with Crippen molar-refractivity contribution in [3.05, 3.63) is 22.4 Å². The van der Waals surface area contributed by atoms with Gasteiger partial charge in [0.15, 0.2) is 0 Å². The molecule has 0 saturated carbocycles. The van der Waals surface area contributed by atoms with Gasteiger partial charge in [0, 0.05) is 4.88 Å². The van der Waals surface area contributed by atoms with E-state index in [1.165, 1.54) is 0 Å². The predicted octanol–water partition coefficient (Wildman–Crippen LogP) is 2.30. The second-order valence-corrected chi connectivity index (χ2v) is 5.14. The van der Waals surface area contributed by atoms with E-state index in [1.54, 1.807) is 11.3 Å². The van der Waals surface area contributed by atoms with Crippen molar-refractivity contribution >= 4 is 17.2 Å². The minimum atomic E-state index is -0.410. The molecular formula is C12H20N2OS.